The predicted octanol–water partition coefficient (Wildman–Crippen LogP) is 4.44. The molecule has 0 saturated carbocycles. The van der Waals surface area contributed by atoms with Crippen molar-refractivity contribution in [2.75, 3.05) is 7.11 Å². The molecule has 3 heteroatoms. The summed E-state index contributed by atoms with van der Waals surface area (Å²) in [5.74, 6) is 0.819. The molecule has 2 rings (SSSR count). The van der Waals surface area contributed by atoms with Gasteiger partial charge < -0.3 is 9.84 Å². The molecule has 0 saturated heterocycles. The van der Waals surface area contributed by atoms with Gasteiger partial charge in [0.15, 0.2) is 0 Å². The molecule has 1 aromatic carbocycles. The van der Waals surface area contributed by atoms with Gasteiger partial charge in [-0.3, -0.25) is 0 Å². The minimum absolute atomic E-state index is 0.123. The Bertz CT molecular complexity index is 593. The van der Waals surface area contributed by atoms with Gasteiger partial charge in [0.25, 0.3) is 0 Å². The van der Waals surface area contributed by atoms with E-state index in [1.807, 2.05) is 31.2 Å². The molecule has 1 aromatic heterocycles. The molecule has 0 aliphatic rings. The quantitative estimate of drug-likeness (QED) is 0.905. The molecular weight excluding hydrogens is 268 g/mol. The van der Waals surface area contributed by atoms with Crippen molar-refractivity contribution >= 4 is 11.3 Å². The Morgan fingerprint density at radius 3 is 2.35 bits per heavy atom. The first kappa shape index (κ1) is 15.1. The maximum atomic E-state index is 10.6. The summed E-state index contributed by atoms with van der Waals surface area (Å²) in [6.07, 6.45) is -0.568. The van der Waals surface area contributed by atoms with Gasteiger partial charge >= 0.3 is 0 Å². The first-order valence-electron chi connectivity index (χ1n) is 6.75. The lowest BCUT2D eigenvalue weighted by Gasteiger charge is -2.16. The van der Waals surface area contributed by atoms with Crippen LogP contribution in [0.3, 0.4) is 0 Å². The minimum atomic E-state index is -0.568. The summed E-state index contributed by atoms with van der Waals surface area (Å²) in [7, 11) is 1.65. The molecule has 0 bridgehead atoms. The van der Waals surface area contributed by atoms with Crippen molar-refractivity contribution in [1.82, 2.24) is 0 Å². The van der Waals surface area contributed by atoms with E-state index in [2.05, 4.69) is 26.8 Å². The molecule has 1 unspecified atom stereocenters. The van der Waals surface area contributed by atoms with Crippen molar-refractivity contribution < 1.29 is 9.84 Å². The monoisotopic (exact) mass is 290 g/mol. The third-order valence-corrected chi connectivity index (χ3v) is 4.97. The van der Waals surface area contributed by atoms with Crippen LogP contribution in [-0.4, -0.2) is 12.2 Å². The Labute approximate surface area is 125 Å². The van der Waals surface area contributed by atoms with E-state index in [-0.39, 0.29) is 5.41 Å². The zero-order chi connectivity index (χ0) is 14.9. The number of aliphatic hydroxyl groups is 1. The molecule has 0 aliphatic heterocycles. The summed E-state index contributed by atoms with van der Waals surface area (Å²) in [6, 6.07) is 9.93. The lowest BCUT2D eigenvalue weighted by Crippen LogP contribution is -2.07. The number of methoxy groups -OCH3 is 1. The van der Waals surface area contributed by atoms with Gasteiger partial charge in [0.1, 0.15) is 11.9 Å². The van der Waals surface area contributed by atoms with Gasteiger partial charge in [0.2, 0.25) is 0 Å². The van der Waals surface area contributed by atoms with Crippen molar-refractivity contribution in [1.29, 1.82) is 0 Å². The van der Waals surface area contributed by atoms with E-state index in [1.165, 1.54) is 4.88 Å². The number of hydrogen-bond donors (Lipinski definition) is 1. The number of thiophene rings is 1. The van der Waals surface area contributed by atoms with Gasteiger partial charge in [-0.1, -0.05) is 26.8 Å². The van der Waals surface area contributed by atoms with Crippen LogP contribution in [0.5, 0.6) is 5.75 Å². The third-order valence-electron chi connectivity index (χ3n) is 3.41. The van der Waals surface area contributed by atoms with E-state index in [1.54, 1.807) is 18.4 Å². The maximum absolute atomic E-state index is 10.6. The average molecular weight is 290 g/mol. The number of ether oxygens (including phenoxy) is 1. The zero-order valence-electron chi connectivity index (χ0n) is 12.7. The first-order valence-corrected chi connectivity index (χ1v) is 7.57. The highest BCUT2D eigenvalue weighted by molar-refractivity contribution is 7.12. The van der Waals surface area contributed by atoms with Gasteiger partial charge in [0, 0.05) is 9.75 Å². The largest absolute Gasteiger partial charge is 0.497 e. The second-order valence-electron chi connectivity index (χ2n) is 6.08. The molecule has 1 N–H and O–H groups in total. The summed E-state index contributed by atoms with van der Waals surface area (Å²) in [4.78, 5) is 2.28. The van der Waals surface area contributed by atoms with Crippen LogP contribution in [0.4, 0.5) is 0 Å². The fourth-order valence-corrected chi connectivity index (χ4v) is 3.21. The second-order valence-corrected chi connectivity index (χ2v) is 7.19. The van der Waals surface area contributed by atoms with Crippen molar-refractivity contribution in [2.45, 2.75) is 39.2 Å². The SMILES string of the molecule is COc1ccc(C(O)c2ccc(C(C)(C)C)s2)c(C)c1. The van der Waals surface area contributed by atoms with Gasteiger partial charge in [-0.15, -0.1) is 11.3 Å². The zero-order valence-corrected chi connectivity index (χ0v) is 13.5. The lowest BCUT2D eigenvalue weighted by molar-refractivity contribution is 0.223. The van der Waals surface area contributed by atoms with Gasteiger partial charge in [-0.2, -0.15) is 0 Å². The predicted molar refractivity (Wildman–Crippen MR) is 84.8 cm³/mol. The molecular formula is C17H22O2S. The molecule has 0 spiro atoms. The Morgan fingerprint density at radius 1 is 1.15 bits per heavy atom. The first-order chi connectivity index (χ1) is 9.32. The molecule has 0 radical (unpaired) electrons. The average Bonchev–Trinajstić information content (AvgIpc) is 2.87. The molecule has 2 nitrogen and oxygen atoms in total. The molecule has 1 atom stereocenters. The van der Waals surface area contributed by atoms with Crippen molar-refractivity contribution in [3.05, 3.63) is 51.2 Å². The van der Waals surface area contributed by atoms with Gasteiger partial charge in [-0.05, 0) is 47.7 Å². The van der Waals surface area contributed by atoms with Gasteiger partial charge in [0.05, 0.1) is 7.11 Å². The molecule has 2 aromatic rings. The summed E-state index contributed by atoms with van der Waals surface area (Å²) >= 11 is 1.68. The van der Waals surface area contributed by atoms with E-state index < -0.39 is 6.10 Å². The van der Waals surface area contributed by atoms with Crippen molar-refractivity contribution in [3.8, 4) is 5.75 Å². The highest BCUT2D eigenvalue weighted by atomic mass is 32.1. The van der Waals surface area contributed by atoms with Crippen LogP contribution >= 0.6 is 11.3 Å². The normalized spacial score (nSPS) is 13.3. The van der Waals surface area contributed by atoms with Crippen LogP contribution in [0.1, 0.15) is 47.8 Å². The Hall–Kier alpha value is -1.32. The Morgan fingerprint density at radius 2 is 1.85 bits per heavy atom. The smallest absolute Gasteiger partial charge is 0.119 e. The Kier molecular flexibility index (Phi) is 4.21. The molecule has 0 aliphatic carbocycles. The van der Waals surface area contributed by atoms with Crippen LogP contribution in [0, 0.1) is 6.92 Å². The summed E-state index contributed by atoms with van der Waals surface area (Å²) in [6.45, 7) is 8.56. The molecule has 0 amide bonds. The Balaban J connectivity index is 2.31. The summed E-state index contributed by atoms with van der Waals surface area (Å²) < 4.78 is 5.21. The van der Waals surface area contributed by atoms with Crippen LogP contribution in [0.15, 0.2) is 30.3 Å². The van der Waals surface area contributed by atoms with E-state index in [4.69, 9.17) is 4.74 Å². The second kappa shape index (κ2) is 5.58. The van der Waals surface area contributed by atoms with Crippen LogP contribution in [0.2, 0.25) is 0 Å². The molecule has 108 valence electrons. The number of rotatable bonds is 3. The third kappa shape index (κ3) is 3.05. The fraction of sp³-hybridized carbons (Fsp3) is 0.412. The van der Waals surface area contributed by atoms with E-state index >= 15 is 0 Å². The molecule has 20 heavy (non-hydrogen) atoms. The summed E-state index contributed by atoms with van der Waals surface area (Å²) in [5.41, 5.74) is 2.10. The topological polar surface area (TPSA) is 29.5 Å². The standard InChI is InChI=1S/C17H22O2S/c1-11-10-12(19-5)6-7-13(11)16(18)14-8-9-15(20-14)17(2,3)4/h6-10,16,18H,1-5H3. The number of hydrogen-bond acceptors (Lipinski definition) is 3. The van der Waals surface area contributed by atoms with Crippen LogP contribution in [-0.2, 0) is 5.41 Å². The molecule has 0 fully saturated rings. The van der Waals surface area contributed by atoms with E-state index in [0.717, 1.165) is 21.8 Å². The highest BCUT2D eigenvalue weighted by Crippen LogP contribution is 2.35. The van der Waals surface area contributed by atoms with Gasteiger partial charge in [-0.25, -0.2) is 0 Å². The van der Waals surface area contributed by atoms with Crippen molar-refractivity contribution in [2.24, 2.45) is 0 Å². The van der Waals surface area contributed by atoms with E-state index in [9.17, 15) is 5.11 Å². The number of benzene rings is 1. The number of aliphatic hydroxyl groups excluding tert-OH is 1. The van der Waals surface area contributed by atoms with E-state index in [0.29, 0.717) is 0 Å². The van der Waals surface area contributed by atoms with Crippen LogP contribution < -0.4 is 4.74 Å². The highest BCUT2D eigenvalue weighted by Gasteiger charge is 2.20. The summed E-state index contributed by atoms with van der Waals surface area (Å²) in [5, 5.41) is 10.6. The minimum Gasteiger partial charge on any atom is -0.497 e. The van der Waals surface area contributed by atoms with Crippen LogP contribution in [0.25, 0.3) is 0 Å². The fourth-order valence-electron chi connectivity index (χ4n) is 2.14. The van der Waals surface area contributed by atoms with Crippen molar-refractivity contribution in [3.63, 3.8) is 0 Å². The maximum Gasteiger partial charge on any atom is 0.119 e. The number of aryl methyl sites for hydroxylation is 1. The lowest BCUT2D eigenvalue weighted by atomic mass is 9.95. The molecule has 1 heterocycles.